The highest BCUT2D eigenvalue weighted by Gasteiger charge is 2.39. The molecule has 0 fully saturated rings. The number of hydrogen-bond acceptors (Lipinski definition) is 3. The largest absolute Gasteiger partial charge is 0.309 e. The Morgan fingerprint density at radius 2 is 1.43 bits per heavy atom. The zero-order valence-corrected chi connectivity index (χ0v) is 21.0. The van der Waals surface area contributed by atoms with Gasteiger partial charge < -0.3 is 4.57 Å². The summed E-state index contributed by atoms with van der Waals surface area (Å²) in [5, 5.41) is 11.1. The molecule has 186 valence electrons. The number of rotatable bonds is 3. The van der Waals surface area contributed by atoms with E-state index < -0.39 is 5.91 Å². The molecular formula is C34H18N4O2. The fraction of sp³-hybridized carbons (Fsp3) is 0. The maximum atomic E-state index is 14.1. The lowest BCUT2D eigenvalue weighted by molar-refractivity contribution is 0.0926. The summed E-state index contributed by atoms with van der Waals surface area (Å²) in [6, 6.07) is 35.4. The molecule has 6 aromatic rings. The lowest BCUT2D eigenvalue weighted by atomic mass is 10.0. The number of carbonyl (C=O) groups excluding carboxylic acids is 2. The minimum absolute atomic E-state index is 0.315. The smallest absolute Gasteiger partial charge is 0.268 e. The van der Waals surface area contributed by atoms with E-state index in [2.05, 4.69) is 10.9 Å². The molecule has 1 aliphatic rings. The van der Waals surface area contributed by atoms with Gasteiger partial charge in [0.1, 0.15) is 0 Å². The Bertz CT molecular complexity index is 2060. The van der Waals surface area contributed by atoms with Gasteiger partial charge >= 0.3 is 0 Å². The van der Waals surface area contributed by atoms with Crippen LogP contribution in [0.15, 0.2) is 109 Å². The summed E-state index contributed by atoms with van der Waals surface area (Å²) in [4.78, 5) is 32.6. The number of aromatic nitrogens is 1. The van der Waals surface area contributed by atoms with Crippen molar-refractivity contribution in [1.29, 1.82) is 5.26 Å². The van der Waals surface area contributed by atoms with Crippen LogP contribution in [0.2, 0.25) is 0 Å². The predicted molar refractivity (Wildman–Crippen MR) is 155 cm³/mol. The maximum Gasteiger partial charge on any atom is 0.268 e. The molecule has 2 heterocycles. The number of nitrogens with zero attached hydrogens (tertiary/aromatic N) is 4. The van der Waals surface area contributed by atoms with Gasteiger partial charge in [-0.15, -0.1) is 0 Å². The van der Waals surface area contributed by atoms with E-state index in [4.69, 9.17) is 6.57 Å². The minimum Gasteiger partial charge on any atom is -0.309 e. The van der Waals surface area contributed by atoms with Crippen molar-refractivity contribution >= 4 is 45.0 Å². The van der Waals surface area contributed by atoms with Crippen LogP contribution in [0.1, 0.15) is 26.3 Å². The SMILES string of the molecule is [C-]#[N+]c1ccc2c(c1)c1cc(C#N)ccc1n2-c1cccc2c1C(=O)N(c1cccc(-c3ccccc3)c1)C2=O. The molecule has 0 aliphatic carbocycles. The molecule has 5 aromatic carbocycles. The van der Waals surface area contributed by atoms with Gasteiger partial charge in [0.15, 0.2) is 5.69 Å². The Morgan fingerprint density at radius 3 is 2.20 bits per heavy atom. The molecule has 0 saturated heterocycles. The van der Waals surface area contributed by atoms with E-state index in [-0.39, 0.29) is 5.91 Å². The molecule has 0 spiro atoms. The number of amides is 2. The number of anilines is 1. The van der Waals surface area contributed by atoms with Gasteiger partial charge in [-0.05, 0) is 71.1 Å². The third kappa shape index (κ3) is 3.34. The fourth-order valence-corrected chi connectivity index (χ4v) is 5.55. The maximum absolute atomic E-state index is 14.1. The van der Waals surface area contributed by atoms with E-state index in [0.717, 1.165) is 32.9 Å². The Balaban J connectivity index is 1.43. The summed E-state index contributed by atoms with van der Waals surface area (Å²) < 4.78 is 1.94. The number of nitriles is 1. The summed E-state index contributed by atoms with van der Waals surface area (Å²) in [5.74, 6) is -0.780. The molecule has 40 heavy (non-hydrogen) atoms. The topological polar surface area (TPSA) is 70.5 Å². The Labute approximate surface area is 229 Å². The molecule has 0 unspecified atom stereocenters. The van der Waals surface area contributed by atoms with Crippen LogP contribution < -0.4 is 4.90 Å². The van der Waals surface area contributed by atoms with Crippen molar-refractivity contribution in [3.05, 3.63) is 137 Å². The van der Waals surface area contributed by atoms with Gasteiger partial charge in [0.05, 0.1) is 51.7 Å². The van der Waals surface area contributed by atoms with Crippen molar-refractivity contribution in [1.82, 2.24) is 4.57 Å². The molecule has 0 atom stereocenters. The minimum atomic E-state index is -0.401. The fourth-order valence-electron chi connectivity index (χ4n) is 5.55. The van der Waals surface area contributed by atoms with Crippen LogP contribution in [-0.4, -0.2) is 16.4 Å². The van der Waals surface area contributed by atoms with Crippen LogP contribution in [0.5, 0.6) is 0 Å². The molecule has 0 radical (unpaired) electrons. The van der Waals surface area contributed by atoms with Gasteiger partial charge in [0, 0.05) is 5.39 Å². The van der Waals surface area contributed by atoms with Crippen molar-refractivity contribution in [2.75, 3.05) is 4.90 Å². The van der Waals surface area contributed by atoms with Gasteiger partial charge in [-0.2, -0.15) is 5.26 Å². The monoisotopic (exact) mass is 514 g/mol. The van der Waals surface area contributed by atoms with E-state index in [1.165, 1.54) is 4.90 Å². The first-order chi connectivity index (χ1) is 19.6. The van der Waals surface area contributed by atoms with Crippen molar-refractivity contribution in [2.45, 2.75) is 0 Å². The number of benzene rings is 5. The molecule has 1 aliphatic heterocycles. The number of carbonyl (C=O) groups is 2. The predicted octanol–water partition coefficient (Wildman–Crippen LogP) is 7.67. The standard InChI is InChI=1S/C34H18N4O2/c1-36-24-14-16-30-28(19-24)27-17-21(20-35)13-15-29(27)38(30)31-12-6-11-26-32(31)34(40)37(33(26)39)25-10-5-9-23(18-25)22-7-3-2-4-8-22/h2-19H. The average molecular weight is 515 g/mol. The lowest BCUT2D eigenvalue weighted by Crippen LogP contribution is -2.29. The van der Waals surface area contributed by atoms with Crippen LogP contribution in [0, 0.1) is 17.9 Å². The average Bonchev–Trinajstić information content (AvgIpc) is 3.47. The Kier molecular flexibility index (Phi) is 5.10. The van der Waals surface area contributed by atoms with Gasteiger partial charge in [-0.3, -0.25) is 9.59 Å². The highest BCUT2D eigenvalue weighted by Crippen LogP contribution is 2.39. The van der Waals surface area contributed by atoms with Crippen LogP contribution in [0.25, 0.3) is 43.5 Å². The first kappa shape index (κ1) is 23.2. The summed E-state index contributed by atoms with van der Waals surface area (Å²) >= 11 is 0. The van der Waals surface area contributed by atoms with Crippen molar-refractivity contribution in [2.24, 2.45) is 0 Å². The second-order valence-corrected chi connectivity index (χ2v) is 9.55. The van der Waals surface area contributed by atoms with Crippen LogP contribution in [-0.2, 0) is 0 Å². The molecule has 0 saturated carbocycles. The van der Waals surface area contributed by atoms with Gasteiger partial charge in [0.25, 0.3) is 11.8 Å². The van der Waals surface area contributed by atoms with Crippen LogP contribution in [0.4, 0.5) is 11.4 Å². The van der Waals surface area contributed by atoms with E-state index in [0.29, 0.717) is 33.8 Å². The molecule has 2 amide bonds. The zero-order chi connectivity index (χ0) is 27.4. The van der Waals surface area contributed by atoms with Crippen molar-refractivity contribution in [3.8, 4) is 22.9 Å². The van der Waals surface area contributed by atoms with Crippen molar-refractivity contribution in [3.63, 3.8) is 0 Å². The van der Waals surface area contributed by atoms with Crippen molar-refractivity contribution < 1.29 is 9.59 Å². The highest BCUT2D eigenvalue weighted by molar-refractivity contribution is 6.36. The van der Waals surface area contributed by atoms with E-state index in [1.807, 2.05) is 71.3 Å². The molecule has 1 aromatic heterocycles. The molecule has 0 bridgehead atoms. The molecule has 6 nitrogen and oxygen atoms in total. The Hall–Kier alpha value is -5.98. The molecule has 7 rings (SSSR count). The van der Waals surface area contributed by atoms with Crippen LogP contribution in [0.3, 0.4) is 0 Å². The summed E-state index contributed by atoms with van der Waals surface area (Å²) in [5.41, 5.74) is 6.12. The van der Waals surface area contributed by atoms with Gasteiger partial charge in [-0.25, -0.2) is 9.74 Å². The summed E-state index contributed by atoms with van der Waals surface area (Å²) in [6.45, 7) is 7.48. The number of fused-ring (bicyclic) bond motifs is 4. The van der Waals surface area contributed by atoms with Gasteiger partial charge in [-0.1, -0.05) is 54.6 Å². The van der Waals surface area contributed by atoms with E-state index >= 15 is 0 Å². The third-order valence-electron chi connectivity index (χ3n) is 7.35. The van der Waals surface area contributed by atoms with Crippen LogP contribution >= 0.6 is 0 Å². The lowest BCUT2D eigenvalue weighted by Gasteiger charge is -2.16. The summed E-state index contributed by atoms with van der Waals surface area (Å²) in [6.07, 6.45) is 0. The Morgan fingerprint density at radius 1 is 0.700 bits per heavy atom. The number of hydrogen-bond donors (Lipinski definition) is 0. The zero-order valence-electron chi connectivity index (χ0n) is 21.0. The summed E-state index contributed by atoms with van der Waals surface area (Å²) in [7, 11) is 0. The number of imide groups is 1. The van der Waals surface area contributed by atoms with E-state index in [9.17, 15) is 14.9 Å². The first-order valence-electron chi connectivity index (χ1n) is 12.6. The highest BCUT2D eigenvalue weighted by atomic mass is 16.2. The second kappa shape index (κ2) is 8.80. The normalized spacial score (nSPS) is 12.5. The first-order valence-corrected chi connectivity index (χ1v) is 12.6. The molecular weight excluding hydrogens is 496 g/mol. The quantitative estimate of drug-likeness (QED) is 0.180. The second-order valence-electron chi connectivity index (χ2n) is 9.55. The van der Waals surface area contributed by atoms with Gasteiger partial charge in [0.2, 0.25) is 0 Å². The molecule has 0 N–H and O–H groups in total. The molecule has 6 heteroatoms. The van der Waals surface area contributed by atoms with E-state index in [1.54, 1.807) is 42.5 Å². The third-order valence-corrected chi connectivity index (χ3v) is 7.35.